The Morgan fingerprint density at radius 2 is 1.86 bits per heavy atom. The number of carbonyl (C=O) groups excluding carboxylic acids is 3. The Kier molecular flexibility index (Phi) is 4.69. The van der Waals surface area contributed by atoms with E-state index >= 15 is 0 Å². The Labute approximate surface area is 209 Å². The predicted octanol–water partition coefficient (Wildman–Crippen LogP) is 2.74. The zero-order chi connectivity index (χ0) is 26.1. The zero-order valence-electron chi connectivity index (χ0n) is 21.5. The summed E-state index contributed by atoms with van der Waals surface area (Å²) in [4.78, 5) is 39.7. The Morgan fingerprint density at radius 1 is 1.14 bits per heavy atom. The Morgan fingerprint density at radius 3 is 2.50 bits per heavy atom. The molecule has 2 aliphatic carbocycles. The van der Waals surface area contributed by atoms with E-state index in [4.69, 9.17) is 23.4 Å². The second-order valence-corrected chi connectivity index (χ2v) is 12.5. The molecule has 1 N–H and O–H groups in total. The molecule has 4 heterocycles. The number of fused-ring (bicyclic) bond motifs is 3. The van der Waals surface area contributed by atoms with Gasteiger partial charge in [0.1, 0.15) is 17.8 Å². The molecule has 3 aliphatic heterocycles. The summed E-state index contributed by atoms with van der Waals surface area (Å²) in [5, 5.41) is 11.8. The van der Waals surface area contributed by atoms with E-state index in [1.807, 2.05) is 34.6 Å². The minimum atomic E-state index is -1.37. The summed E-state index contributed by atoms with van der Waals surface area (Å²) < 4.78 is 28.9. The van der Waals surface area contributed by atoms with E-state index in [1.165, 1.54) is 13.4 Å². The van der Waals surface area contributed by atoms with Gasteiger partial charge in [-0.3, -0.25) is 9.59 Å². The summed E-state index contributed by atoms with van der Waals surface area (Å²) in [5.74, 6) is -2.15. The van der Waals surface area contributed by atoms with Crippen LogP contribution in [-0.4, -0.2) is 59.5 Å². The summed E-state index contributed by atoms with van der Waals surface area (Å²) in [7, 11) is 1.33. The van der Waals surface area contributed by atoms with Gasteiger partial charge in [-0.15, -0.1) is 0 Å². The molecule has 1 aromatic rings. The summed E-state index contributed by atoms with van der Waals surface area (Å²) in [5.41, 5.74) is -3.91. The molecule has 0 radical (unpaired) electrons. The first-order chi connectivity index (χ1) is 16.8. The monoisotopic (exact) mass is 502 g/mol. The standard InChI is InChI=1S/C27H34O9/c1-23(2)18-17(29)19(30)26(5)14(25(18,4)15(35-23)11-16(28)32-6)7-9-24(3)20(13-8-10-33-12-13)34-22(31)21-27(24,26)36-21/h8,10,12,14-15,18-21,30H,7,9,11H2,1-6H3. The van der Waals surface area contributed by atoms with E-state index in [-0.39, 0.29) is 18.1 Å². The van der Waals surface area contributed by atoms with E-state index in [2.05, 4.69) is 0 Å². The van der Waals surface area contributed by atoms with Crippen LogP contribution in [-0.2, 0) is 33.3 Å². The third-order valence-corrected chi connectivity index (χ3v) is 10.7. The van der Waals surface area contributed by atoms with Crippen molar-refractivity contribution in [3.8, 4) is 0 Å². The first-order valence-electron chi connectivity index (χ1n) is 12.7. The summed E-state index contributed by atoms with van der Waals surface area (Å²) in [6.45, 7) is 9.58. The molecule has 0 amide bonds. The Bertz CT molecular complexity index is 1140. The number of esters is 2. The lowest BCUT2D eigenvalue weighted by atomic mass is 9.37. The molecule has 3 saturated heterocycles. The number of furan rings is 1. The number of aliphatic hydroxyl groups excluding tert-OH is 1. The number of carbonyl (C=O) groups is 3. The third kappa shape index (κ3) is 2.45. The largest absolute Gasteiger partial charge is 0.472 e. The SMILES string of the molecule is COC(=O)CC1OC(C)(C)C2C(=O)C(O)C3(C)C(CCC4(C)C(c5ccoc5)OC(=O)C5OC543)C12C. The molecule has 1 aromatic heterocycles. The number of cyclic esters (lactones) is 1. The average molecular weight is 503 g/mol. The van der Waals surface area contributed by atoms with Crippen LogP contribution in [0.15, 0.2) is 23.0 Å². The Hall–Kier alpha value is -2.23. The molecule has 0 aromatic carbocycles. The molecule has 196 valence electrons. The fourth-order valence-electron chi connectivity index (χ4n) is 9.38. The van der Waals surface area contributed by atoms with Crippen molar-refractivity contribution in [3.05, 3.63) is 24.2 Å². The highest BCUT2D eigenvalue weighted by Gasteiger charge is 2.89. The van der Waals surface area contributed by atoms with Crippen LogP contribution >= 0.6 is 0 Å². The van der Waals surface area contributed by atoms with Crippen molar-refractivity contribution < 1.29 is 42.9 Å². The topological polar surface area (TPSA) is 125 Å². The number of ether oxygens (including phenoxy) is 4. The van der Waals surface area contributed by atoms with E-state index in [9.17, 15) is 19.5 Å². The number of ketones is 1. The first kappa shape index (κ1) is 24.1. The maximum atomic E-state index is 14.1. The highest BCUT2D eigenvalue weighted by molar-refractivity contribution is 5.91. The molecule has 9 nitrogen and oxygen atoms in total. The maximum absolute atomic E-state index is 14.1. The molecule has 1 spiro atoms. The lowest BCUT2D eigenvalue weighted by molar-refractivity contribution is -0.238. The van der Waals surface area contributed by atoms with Gasteiger partial charge < -0.3 is 28.5 Å². The lowest BCUT2D eigenvalue weighted by Gasteiger charge is -2.66. The van der Waals surface area contributed by atoms with Crippen molar-refractivity contribution >= 4 is 17.7 Å². The average Bonchev–Trinajstić information content (AvgIpc) is 3.31. The van der Waals surface area contributed by atoms with E-state index < -0.39 is 69.7 Å². The van der Waals surface area contributed by atoms with Crippen LogP contribution in [0.1, 0.15) is 65.5 Å². The van der Waals surface area contributed by atoms with Gasteiger partial charge in [0.25, 0.3) is 0 Å². The minimum absolute atomic E-state index is 0.00285. The fourth-order valence-corrected chi connectivity index (χ4v) is 9.38. The van der Waals surface area contributed by atoms with Crippen LogP contribution in [0.25, 0.3) is 0 Å². The molecule has 10 unspecified atom stereocenters. The second kappa shape index (κ2) is 6.99. The Balaban J connectivity index is 1.52. The number of methoxy groups -OCH3 is 1. The van der Waals surface area contributed by atoms with E-state index in [0.29, 0.717) is 12.8 Å². The van der Waals surface area contributed by atoms with Gasteiger partial charge in [-0.2, -0.15) is 0 Å². The van der Waals surface area contributed by atoms with E-state index in [1.54, 1.807) is 12.3 Å². The third-order valence-electron chi connectivity index (χ3n) is 10.7. The van der Waals surface area contributed by atoms with Gasteiger partial charge in [-0.25, -0.2) is 4.79 Å². The van der Waals surface area contributed by atoms with Crippen LogP contribution in [0.3, 0.4) is 0 Å². The van der Waals surface area contributed by atoms with Gasteiger partial charge in [-0.1, -0.05) is 20.8 Å². The summed E-state index contributed by atoms with van der Waals surface area (Å²) in [6.07, 6.45) is 0.861. The van der Waals surface area contributed by atoms with Crippen molar-refractivity contribution in [2.75, 3.05) is 7.11 Å². The smallest absolute Gasteiger partial charge is 0.339 e. The normalized spacial score (nSPS) is 50.3. The molecule has 6 rings (SSSR count). The molecule has 9 heteroatoms. The molecular weight excluding hydrogens is 468 g/mol. The van der Waals surface area contributed by atoms with E-state index in [0.717, 1.165) is 5.56 Å². The second-order valence-electron chi connectivity index (χ2n) is 12.5. The van der Waals surface area contributed by atoms with Gasteiger partial charge >= 0.3 is 11.9 Å². The number of aliphatic hydroxyl groups is 1. The molecule has 36 heavy (non-hydrogen) atoms. The van der Waals surface area contributed by atoms with Crippen LogP contribution in [0.5, 0.6) is 0 Å². The lowest BCUT2D eigenvalue weighted by Crippen LogP contribution is -2.74. The number of hydrogen-bond donors (Lipinski definition) is 1. The summed E-state index contributed by atoms with van der Waals surface area (Å²) in [6, 6.07) is 1.77. The highest BCUT2D eigenvalue weighted by Crippen LogP contribution is 2.79. The van der Waals surface area contributed by atoms with Crippen LogP contribution in [0.2, 0.25) is 0 Å². The molecular formula is C27H34O9. The molecule has 0 bridgehead atoms. The molecule has 10 atom stereocenters. The number of Topliss-reactive ketones (excluding diaryl/α,β-unsaturated/α-hetero) is 1. The summed E-state index contributed by atoms with van der Waals surface area (Å²) >= 11 is 0. The van der Waals surface area contributed by atoms with Crippen molar-refractivity contribution in [1.29, 1.82) is 0 Å². The number of rotatable bonds is 3. The van der Waals surface area contributed by atoms with Crippen LogP contribution < -0.4 is 0 Å². The number of hydrogen-bond acceptors (Lipinski definition) is 9. The molecule has 5 fully saturated rings. The van der Waals surface area contributed by atoms with Crippen molar-refractivity contribution in [1.82, 2.24) is 0 Å². The molecule has 5 aliphatic rings. The van der Waals surface area contributed by atoms with Gasteiger partial charge in [0, 0.05) is 21.8 Å². The fraction of sp³-hybridized carbons (Fsp3) is 0.741. The van der Waals surface area contributed by atoms with Crippen LogP contribution in [0, 0.1) is 28.1 Å². The van der Waals surface area contributed by atoms with Crippen LogP contribution in [0.4, 0.5) is 0 Å². The van der Waals surface area contributed by atoms with Gasteiger partial charge in [0.15, 0.2) is 11.9 Å². The van der Waals surface area contributed by atoms with Gasteiger partial charge in [-0.05, 0) is 38.7 Å². The molecule has 2 saturated carbocycles. The van der Waals surface area contributed by atoms with Gasteiger partial charge in [0.2, 0.25) is 0 Å². The van der Waals surface area contributed by atoms with Gasteiger partial charge in [0.05, 0.1) is 43.7 Å². The number of epoxide rings is 1. The van der Waals surface area contributed by atoms with Crippen molar-refractivity contribution in [3.63, 3.8) is 0 Å². The first-order valence-corrected chi connectivity index (χ1v) is 12.7. The highest BCUT2D eigenvalue weighted by atomic mass is 16.7. The minimum Gasteiger partial charge on any atom is -0.472 e. The maximum Gasteiger partial charge on any atom is 0.339 e. The van der Waals surface area contributed by atoms with Crippen molar-refractivity contribution in [2.24, 2.45) is 28.1 Å². The quantitative estimate of drug-likeness (QED) is 0.491. The predicted molar refractivity (Wildman–Crippen MR) is 122 cm³/mol. The van der Waals surface area contributed by atoms with Crippen molar-refractivity contribution in [2.45, 2.75) is 89.5 Å². The zero-order valence-corrected chi connectivity index (χ0v) is 21.5.